The Morgan fingerprint density at radius 3 is 2.76 bits per heavy atom. The van der Waals surface area contributed by atoms with Gasteiger partial charge in [0, 0.05) is 30.2 Å². The van der Waals surface area contributed by atoms with Crippen molar-refractivity contribution in [2.45, 2.75) is 25.8 Å². The second kappa shape index (κ2) is 6.10. The molecule has 5 heteroatoms. The van der Waals surface area contributed by atoms with Crippen LogP contribution in [0.5, 0.6) is 0 Å². The third-order valence-electron chi connectivity index (χ3n) is 3.78. The number of benzene rings is 1. The number of nitrogens with one attached hydrogen (secondary N) is 3. The van der Waals surface area contributed by atoms with E-state index in [0.717, 1.165) is 48.2 Å². The van der Waals surface area contributed by atoms with Gasteiger partial charge in [-0.15, -0.1) is 0 Å². The molecule has 0 saturated carbocycles. The molecule has 21 heavy (non-hydrogen) atoms. The van der Waals surface area contributed by atoms with E-state index in [4.69, 9.17) is 0 Å². The highest BCUT2D eigenvalue weighted by Crippen LogP contribution is 2.29. The van der Waals surface area contributed by atoms with Crippen LogP contribution in [0.15, 0.2) is 30.5 Å². The van der Waals surface area contributed by atoms with Crippen LogP contribution in [0.3, 0.4) is 0 Å². The SMILES string of the molecule is CC(=O)Nc1ccc(NC2CCNCC2)c2cccnc12. The fourth-order valence-corrected chi connectivity index (χ4v) is 2.78. The van der Waals surface area contributed by atoms with E-state index in [9.17, 15) is 4.79 Å². The lowest BCUT2D eigenvalue weighted by atomic mass is 10.0. The summed E-state index contributed by atoms with van der Waals surface area (Å²) in [5, 5.41) is 10.9. The zero-order valence-corrected chi connectivity index (χ0v) is 12.1. The Labute approximate surface area is 124 Å². The first kappa shape index (κ1) is 13.8. The van der Waals surface area contributed by atoms with E-state index >= 15 is 0 Å². The molecule has 0 radical (unpaired) electrons. The lowest BCUT2D eigenvalue weighted by Gasteiger charge is -2.25. The molecular formula is C16H20N4O. The first-order chi connectivity index (χ1) is 10.2. The van der Waals surface area contributed by atoms with Crippen molar-refractivity contribution >= 4 is 28.2 Å². The van der Waals surface area contributed by atoms with Crippen molar-refractivity contribution < 1.29 is 4.79 Å². The highest BCUT2D eigenvalue weighted by atomic mass is 16.1. The van der Waals surface area contributed by atoms with E-state index < -0.39 is 0 Å². The van der Waals surface area contributed by atoms with Crippen LogP contribution < -0.4 is 16.0 Å². The number of pyridine rings is 1. The van der Waals surface area contributed by atoms with Gasteiger partial charge in [-0.2, -0.15) is 0 Å². The molecule has 1 aromatic carbocycles. The number of rotatable bonds is 3. The van der Waals surface area contributed by atoms with Gasteiger partial charge in [0.15, 0.2) is 0 Å². The van der Waals surface area contributed by atoms with Crippen molar-refractivity contribution in [1.29, 1.82) is 0 Å². The maximum absolute atomic E-state index is 11.3. The minimum Gasteiger partial charge on any atom is -0.382 e. The molecule has 1 aliphatic rings. The first-order valence-corrected chi connectivity index (χ1v) is 7.36. The van der Waals surface area contributed by atoms with Gasteiger partial charge in [0.1, 0.15) is 0 Å². The number of amides is 1. The van der Waals surface area contributed by atoms with E-state index in [-0.39, 0.29) is 5.91 Å². The third kappa shape index (κ3) is 3.13. The number of hydrogen-bond donors (Lipinski definition) is 3. The van der Waals surface area contributed by atoms with Crippen LogP contribution in [-0.4, -0.2) is 30.0 Å². The third-order valence-corrected chi connectivity index (χ3v) is 3.78. The number of anilines is 2. The predicted octanol–water partition coefficient (Wildman–Crippen LogP) is 2.36. The Morgan fingerprint density at radius 2 is 2.00 bits per heavy atom. The van der Waals surface area contributed by atoms with Gasteiger partial charge in [0.25, 0.3) is 0 Å². The van der Waals surface area contributed by atoms with Gasteiger partial charge in [-0.05, 0) is 50.2 Å². The van der Waals surface area contributed by atoms with Crippen LogP contribution in [-0.2, 0) is 4.79 Å². The van der Waals surface area contributed by atoms with Gasteiger partial charge >= 0.3 is 0 Å². The van der Waals surface area contributed by atoms with Gasteiger partial charge < -0.3 is 16.0 Å². The minimum atomic E-state index is -0.0824. The Hall–Kier alpha value is -2.14. The molecular weight excluding hydrogens is 264 g/mol. The number of hydrogen-bond acceptors (Lipinski definition) is 4. The van der Waals surface area contributed by atoms with Crippen LogP contribution >= 0.6 is 0 Å². The summed E-state index contributed by atoms with van der Waals surface area (Å²) in [5.74, 6) is -0.0824. The van der Waals surface area contributed by atoms with E-state index in [0.29, 0.717) is 6.04 Å². The number of aromatic nitrogens is 1. The molecule has 0 bridgehead atoms. The van der Waals surface area contributed by atoms with Gasteiger partial charge in [0.05, 0.1) is 11.2 Å². The predicted molar refractivity (Wildman–Crippen MR) is 85.6 cm³/mol. The molecule has 2 heterocycles. The summed E-state index contributed by atoms with van der Waals surface area (Å²) in [5.41, 5.74) is 2.67. The van der Waals surface area contributed by atoms with E-state index in [1.165, 1.54) is 6.92 Å². The Kier molecular flexibility index (Phi) is 4.01. The number of carbonyl (C=O) groups excluding carboxylic acids is 1. The van der Waals surface area contributed by atoms with Crippen molar-refractivity contribution in [3.8, 4) is 0 Å². The summed E-state index contributed by atoms with van der Waals surface area (Å²) in [4.78, 5) is 15.7. The van der Waals surface area contributed by atoms with Crippen LogP contribution in [0, 0.1) is 0 Å². The topological polar surface area (TPSA) is 66.1 Å². The molecule has 2 aromatic rings. The highest BCUT2D eigenvalue weighted by Gasteiger charge is 2.15. The Balaban J connectivity index is 1.94. The summed E-state index contributed by atoms with van der Waals surface area (Å²) >= 11 is 0. The molecule has 0 unspecified atom stereocenters. The average Bonchev–Trinajstić information content (AvgIpc) is 2.50. The van der Waals surface area contributed by atoms with Crippen molar-refractivity contribution in [3.63, 3.8) is 0 Å². The molecule has 5 nitrogen and oxygen atoms in total. The van der Waals surface area contributed by atoms with Crippen LogP contribution in [0.1, 0.15) is 19.8 Å². The lowest BCUT2D eigenvalue weighted by Crippen LogP contribution is -2.35. The quantitative estimate of drug-likeness (QED) is 0.809. The van der Waals surface area contributed by atoms with Gasteiger partial charge in [-0.3, -0.25) is 9.78 Å². The summed E-state index contributed by atoms with van der Waals surface area (Å²) < 4.78 is 0. The minimum absolute atomic E-state index is 0.0824. The summed E-state index contributed by atoms with van der Waals surface area (Å²) in [6.45, 7) is 3.62. The van der Waals surface area contributed by atoms with E-state index in [1.54, 1.807) is 6.20 Å². The van der Waals surface area contributed by atoms with Crippen LogP contribution in [0.4, 0.5) is 11.4 Å². The van der Waals surface area contributed by atoms with E-state index in [2.05, 4.69) is 20.9 Å². The molecule has 1 aliphatic heterocycles. The summed E-state index contributed by atoms with van der Waals surface area (Å²) in [7, 11) is 0. The zero-order valence-electron chi connectivity index (χ0n) is 12.1. The Bertz CT molecular complexity index is 650. The van der Waals surface area contributed by atoms with Gasteiger partial charge in [-0.1, -0.05) is 0 Å². The van der Waals surface area contributed by atoms with Crippen LogP contribution in [0.2, 0.25) is 0 Å². The molecule has 1 aromatic heterocycles. The van der Waals surface area contributed by atoms with Crippen molar-refractivity contribution in [3.05, 3.63) is 30.5 Å². The molecule has 1 amide bonds. The molecule has 1 fully saturated rings. The smallest absolute Gasteiger partial charge is 0.221 e. The maximum atomic E-state index is 11.3. The molecule has 0 spiro atoms. The number of fused-ring (bicyclic) bond motifs is 1. The van der Waals surface area contributed by atoms with Gasteiger partial charge in [-0.25, -0.2) is 0 Å². The monoisotopic (exact) mass is 284 g/mol. The Morgan fingerprint density at radius 1 is 1.24 bits per heavy atom. The van der Waals surface area contributed by atoms with Crippen LogP contribution in [0.25, 0.3) is 10.9 Å². The molecule has 0 aliphatic carbocycles. The zero-order chi connectivity index (χ0) is 14.7. The maximum Gasteiger partial charge on any atom is 0.221 e. The highest BCUT2D eigenvalue weighted by molar-refractivity contribution is 6.04. The summed E-state index contributed by atoms with van der Waals surface area (Å²) in [6.07, 6.45) is 3.99. The fraction of sp³-hybridized carbons (Fsp3) is 0.375. The normalized spacial score (nSPS) is 15.9. The lowest BCUT2D eigenvalue weighted by molar-refractivity contribution is -0.114. The van der Waals surface area contributed by atoms with E-state index in [1.807, 2.05) is 24.3 Å². The number of nitrogens with zero attached hydrogens (tertiary/aromatic N) is 1. The largest absolute Gasteiger partial charge is 0.382 e. The van der Waals surface area contributed by atoms with Crippen molar-refractivity contribution in [2.24, 2.45) is 0 Å². The standard InChI is InChI=1S/C16H20N4O/c1-11(21)19-15-5-4-14(13-3-2-8-18-16(13)15)20-12-6-9-17-10-7-12/h2-5,8,12,17,20H,6-7,9-10H2,1H3,(H,19,21). The second-order valence-electron chi connectivity index (χ2n) is 5.41. The average molecular weight is 284 g/mol. The van der Waals surface area contributed by atoms with Crippen molar-refractivity contribution in [1.82, 2.24) is 10.3 Å². The molecule has 3 rings (SSSR count). The summed E-state index contributed by atoms with van der Waals surface area (Å²) in [6, 6.07) is 8.39. The van der Waals surface area contributed by atoms with Gasteiger partial charge in [0.2, 0.25) is 5.91 Å². The number of piperidine rings is 1. The molecule has 0 atom stereocenters. The molecule has 3 N–H and O–H groups in total. The first-order valence-electron chi connectivity index (χ1n) is 7.36. The molecule has 1 saturated heterocycles. The van der Waals surface area contributed by atoms with Crippen molar-refractivity contribution in [2.75, 3.05) is 23.7 Å². The second-order valence-corrected chi connectivity index (χ2v) is 5.41. The molecule has 110 valence electrons. The fourth-order valence-electron chi connectivity index (χ4n) is 2.78. The number of carbonyl (C=O) groups is 1.